The summed E-state index contributed by atoms with van der Waals surface area (Å²) in [5.74, 6) is -0.173. The first kappa shape index (κ1) is 14.9. The number of hydrogen-bond donors (Lipinski definition) is 1. The van der Waals surface area contributed by atoms with Crippen molar-refractivity contribution in [3.63, 3.8) is 0 Å². The quantitative estimate of drug-likeness (QED) is 0.938. The Morgan fingerprint density at radius 1 is 1.05 bits per heavy atom. The number of rotatable bonds is 4. The number of pyridine rings is 1. The molecule has 2 heterocycles. The number of piperazine rings is 1. The number of benzene rings is 1. The zero-order valence-electron chi connectivity index (χ0n) is 12.4. The van der Waals surface area contributed by atoms with Gasteiger partial charge in [-0.3, -0.25) is 9.88 Å². The summed E-state index contributed by atoms with van der Waals surface area (Å²) in [6.45, 7) is 3.76. The maximum Gasteiger partial charge on any atom is 0.146 e. The Hall–Kier alpha value is -1.98. The molecule has 5 heteroatoms. The zero-order chi connectivity index (χ0) is 15.4. The van der Waals surface area contributed by atoms with Crippen LogP contribution >= 0.6 is 0 Å². The van der Waals surface area contributed by atoms with Gasteiger partial charge in [0.25, 0.3) is 0 Å². The van der Waals surface area contributed by atoms with Crippen LogP contribution in [-0.4, -0.2) is 47.7 Å². The fourth-order valence-electron chi connectivity index (χ4n) is 2.82. The number of aliphatic hydroxyl groups is 1. The van der Waals surface area contributed by atoms with Crippen LogP contribution in [0.5, 0.6) is 0 Å². The number of β-amino-alcohol motifs (C(OH)–C–C–N with tert-alkyl or cyclic N) is 1. The highest BCUT2D eigenvalue weighted by molar-refractivity contribution is 5.48. The lowest BCUT2D eigenvalue weighted by molar-refractivity contribution is 0.109. The van der Waals surface area contributed by atoms with Gasteiger partial charge in [0.15, 0.2) is 0 Å². The van der Waals surface area contributed by atoms with E-state index >= 15 is 0 Å². The van der Waals surface area contributed by atoms with Crippen LogP contribution in [0.25, 0.3) is 0 Å². The molecule has 1 aliphatic heterocycles. The van der Waals surface area contributed by atoms with Crippen molar-refractivity contribution < 1.29 is 9.50 Å². The van der Waals surface area contributed by atoms with E-state index < -0.39 is 6.10 Å². The summed E-state index contributed by atoms with van der Waals surface area (Å²) in [5, 5.41) is 10.3. The average Bonchev–Trinajstić information content (AvgIpc) is 2.57. The van der Waals surface area contributed by atoms with Gasteiger partial charge in [0.1, 0.15) is 5.82 Å². The van der Waals surface area contributed by atoms with Crippen molar-refractivity contribution in [2.24, 2.45) is 0 Å². The molecular formula is C17H20FN3O. The average molecular weight is 301 g/mol. The second-order valence-corrected chi connectivity index (χ2v) is 5.54. The van der Waals surface area contributed by atoms with Crippen molar-refractivity contribution >= 4 is 5.69 Å². The van der Waals surface area contributed by atoms with E-state index in [4.69, 9.17) is 0 Å². The summed E-state index contributed by atoms with van der Waals surface area (Å²) >= 11 is 0. The summed E-state index contributed by atoms with van der Waals surface area (Å²) in [6.07, 6.45) is 2.87. The van der Waals surface area contributed by atoms with Crippen molar-refractivity contribution in [1.29, 1.82) is 0 Å². The predicted octanol–water partition coefficient (Wildman–Crippen LogP) is 2.08. The third kappa shape index (κ3) is 3.43. The lowest BCUT2D eigenvalue weighted by Crippen LogP contribution is -2.47. The number of anilines is 1. The van der Waals surface area contributed by atoms with Gasteiger partial charge in [-0.2, -0.15) is 0 Å². The molecule has 3 rings (SSSR count). The Morgan fingerprint density at radius 2 is 1.73 bits per heavy atom. The molecule has 1 aliphatic rings. The van der Waals surface area contributed by atoms with Crippen molar-refractivity contribution in [3.05, 3.63) is 60.2 Å². The highest BCUT2D eigenvalue weighted by Crippen LogP contribution is 2.21. The second kappa shape index (κ2) is 6.85. The molecule has 0 spiro atoms. The first-order valence-electron chi connectivity index (χ1n) is 7.54. The third-order valence-corrected chi connectivity index (χ3v) is 4.09. The first-order chi connectivity index (χ1) is 10.7. The highest BCUT2D eigenvalue weighted by Gasteiger charge is 2.21. The van der Waals surface area contributed by atoms with E-state index in [0.717, 1.165) is 31.7 Å². The number of nitrogens with zero attached hydrogens (tertiary/aromatic N) is 3. The molecule has 1 atom stereocenters. The molecule has 22 heavy (non-hydrogen) atoms. The first-order valence-corrected chi connectivity index (χ1v) is 7.54. The number of halogens is 1. The largest absolute Gasteiger partial charge is 0.387 e. The molecule has 0 saturated carbocycles. The Balaban J connectivity index is 1.55. The van der Waals surface area contributed by atoms with Crippen molar-refractivity contribution in [1.82, 2.24) is 9.88 Å². The van der Waals surface area contributed by atoms with E-state index in [2.05, 4.69) is 14.8 Å². The van der Waals surface area contributed by atoms with Gasteiger partial charge in [-0.25, -0.2) is 4.39 Å². The van der Waals surface area contributed by atoms with Crippen LogP contribution in [0.4, 0.5) is 10.1 Å². The highest BCUT2D eigenvalue weighted by atomic mass is 19.1. The molecule has 2 aromatic rings. The molecule has 0 aliphatic carbocycles. The topological polar surface area (TPSA) is 39.6 Å². The Labute approximate surface area is 129 Å². The van der Waals surface area contributed by atoms with E-state index in [1.54, 1.807) is 18.5 Å². The normalized spacial score (nSPS) is 17.5. The molecule has 1 N–H and O–H groups in total. The third-order valence-electron chi connectivity index (χ3n) is 4.09. The van der Waals surface area contributed by atoms with E-state index in [9.17, 15) is 9.50 Å². The van der Waals surface area contributed by atoms with E-state index in [-0.39, 0.29) is 5.82 Å². The van der Waals surface area contributed by atoms with Crippen LogP contribution in [-0.2, 0) is 0 Å². The molecule has 0 bridgehead atoms. The molecule has 0 amide bonds. The Bertz CT molecular complexity index is 600. The predicted molar refractivity (Wildman–Crippen MR) is 84.2 cm³/mol. The summed E-state index contributed by atoms with van der Waals surface area (Å²) < 4.78 is 13.8. The van der Waals surface area contributed by atoms with Crippen LogP contribution in [0.2, 0.25) is 0 Å². The standard InChI is InChI=1S/C17H20FN3O/c18-15-3-1-2-4-16(15)21-11-9-20(10-12-21)13-17(22)14-5-7-19-8-6-14/h1-8,17,22H,9-13H2. The van der Waals surface area contributed by atoms with Crippen molar-refractivity contribution in [2.45, 2.75) is 6.10 Å². The van der Waals surface area contributed by atoms with E-state index in [1.807, 2.05) is 24.3 Å². The van der Waals surface area contributed by atoms with Gasteiger partial charge in [0.2, 0.25) is 0 Å². The molecule has 0 radical (unpaired) electrons. The molecule has 1 aromatic carbocycles. The number of aromatic nitrogens is 1. The zero-order valence-corrected chi connectivity index (χ0v) is 12.4. The lowest BCUT2D eigenvalue weighted by atomic mass is 10.1. The fraction of sp³-hybridized carbons (Fsp3) is 0.353. The summed E-state index contributed by atoms with van der Waals surface area (Å²) in [7, 11) is 0. The van der Waals surface area contributed by atoms with Crippen molar-refractivity contribution in [3.8, 4) is 0 Å². The van der Waals surface area contributed by atoms with Gasteiger partial charge in [0, 0.05) is 45.1 Å². The summed E-state index contributed by atoms with van der Waals surface area (Å²) in [5.41, 5.74) is 1.54. The van der Waals surface area contributed by atoms with Gasteiger partial charge in [-0.15, -0.1) is 0 Å². The number of aliphatic hydroxyl groups excluding tert-OH is 1. The monoisotopic (exact) mass is 301 g/mol. The molecule has 1 fully saturated rings. The SMILES string of the molecule is OC(CN1CCN(c2ccccc2F)CC1)c1ccncc1. The number of hydrogen-bond acceptors (Lipinski definition) is 4. The number of para-hydroxylation sites is 1. The minimum absolute atomic E-state index is 0.173. The van der Waals surface area contributed by atoms with E-state index in [1.165, 1.54) is 6.07 Å². The molecule has 1 unspecified atom stereocenters. The molecule has 1 saturated heterocycles. The summed E-state index contributed by atoms with van der Waals surface area (Å²) in [6, 6.07) is 10.5. The van der Waals surface area contributed by atoms with Gasteiger partial charge >= 0.3 is 0 Å². The Kier molecular flexibility index (Phi) is 4.65. The molecule has 116 valence electrons. The van der Waals surface area contributed by atoms with Crippen LogP contribution in [0.3, 0.4) is 0 Å². The lowest BCUT2D eigenvalue weighted by Gasteiger charge is -2.37. The van der Waals surface area contributed by atoms with Crippen LogP contribution in [0, 0.1) is 5.82 Å². The van der Waals surface area contributed by atoms with Crippen LogP contribution < -0.4 is 4.90 Å². The van der Waals surface area contributed by atoms with E-state index in [0.29, 0.717) is 12.2 Å². The molecule has 1 aromatic heterocycles. The van der Waals surface area contributed by atoms with Gasteiger partial charge in [-0.05, 0) is 29.8 Å². The fourth-order valence-corrected chi connectivity index (χ4v) is 2.82. The molecular weight excluding hydrogens is 281 g/mol. The minimum Gasteiger partial charge on any atom is -0.387 e. The van der Waals surface area contributed by atoms with Crippen LogP contribution in [0.15, 0.2) is 48.8 Å². The minimum atomic E-state index is -0.511. The smallest absolute Gasteiger partial charge is 0.146 e. The maximum atomic E-state index is 13.8. The van der Waals surface area contributed by atoms with Crippen LogP contribution in [0.1, 0.15) is 11.7 Å². The van der Waals surface area contributed by atoms with Gasteiger partial charge < -0.3 is 10.0 Å². The maximum absolute atomic E-state index is 13.8. The van der Waals surface area contributed by atoms with Gasteiger partial charge in [0.05, 0.1) is 11.8 Å². The van der Waals surface area contributed by atoms with Gasteiger partial charge in [-0.1, -0.05) is 12.1 Å². The Morgan fingerprint density at radius 3 is 2.41 bits per heavy atom. The second-order valence-electron chi connectivity index (χ2n) is 5.54. The summed E-state index contributed by atoms with van der Waals surface area (Å²) in [4.78, 5) is 8.23. The van der Waals surface area contributed by atoms with Crippen molar-refractivity contribution in [2.75, 3.05) is 37.6 Å². The molecule has 4 nitrogen and oxygen atoms in total.